The van der Waals surface area contributed by atoms with Crippen LogP contribution in [0.2, 0.25) is 5.02 Å². The van der Waals surface area contributed by atoms with E-state index in [9.17, 15) is 17.6 Å². The maximum absolute atomic E-state index is 13.5. The molecule has 6 rings (SSSR count). The normalized spacial score (nSPS) is 22.0. The number of hydrogen-bond acceptors (Lipinski definition) is 6. The molecule has 41 heavy (non-hydrogen) atoms. The average molecular weight is 599 g/mol. The fourth-order valence-corrected chi connectivity index (χ4v) is 7.53. The Morgan fingerprint density at radius 2 is 1.85 bits per heavy atom. The molecule has 2 aliphatic heterocycles. The van der Waals surface area contributed by atoms with E-state index in [0.717, 1.165) is 43.2 Å². The monoisotopic (exact) mass is 598 g/mol. The predicted molar refractivity (Wildman–Crippen MR) is 152 cm³/mol. The number of carbonyl (C=O) groups excluding carboxylic acids is 1. The molecule has 1 N–H and O–H groups in total. The van der Waals surface area contributed by atoms with Crippen LogP contribution in [0.1, 0.15) is 54.1 Å². The van der Waals surface area contributed by atoms with Crippen molar-refractivity contribution in [1.82, 2.24) is 29.5 Å². The lowest BCUT2D eigenvalue weighted by Gasteiger charge is -2.31. The van der Waals surface area contributed by atoms with Crippen LogP contribution >= 0.6 is 11.6 Å². The smallest absolute Gasteiger partial charge is 0.264 e. The fraction of sp³-hybridized carbons (Fsp3) is 0.414. The molecular formula is C29H32ClFN6O3S. The number of carbonyl (C=O) groups is 1. The zero-order chi connectivity index (χ0) is 28.6. The lowest BCUT2D eigenvalue weighted by Crippen LogP contribution is -2.50. The van der Waals surface area contributed by atoms with Gasteiger partial charge in [0.15, 0.2) is 0 Å². The number of aromatic nitrogens is 3. The van der Waals surface area contributed by atoms with E-state index in [1.54, 1.807) is 0 Å². The van der Waals surface area contributed by atoms with Crippen LogP contribution in [0.3, 0.4) is 0 Å². The largest absolute Gasteiger partial charge is 0.329 e. The molecule has 1 aliphatic carbocycles. The molecule has 2 aromatic carbocycles. The van der Waals surface area contributed by atoms with Gasteiger partial charge in [0.1, 0.15) is 12.2 Å². The van der Waals surface area contributed by atoms with E-state index in [0.29, 0.717) is 23.6 Å². The third-order valence-corrected chi connectivity index (χ3v) is 10.2. The van der Waals surface area contributed by atoms with Crippen LogP contribution in [-0.2, 0) is 34.2 Å². The van der Waals surface area contributed by atoms with Crippen LogP contribution < -0.4 is 5.32 Å². The quantitative estimate of drug-likeness (QED) is 0.441. The molecule has 12 heteroatoms. The Labute approximate surface area is 244 Å². The Morgan fingerprint density at radius 3 is 2.63 bits per heavy atom. The van der Waals surface area contributed by atoms with Crippen LogP contribution in [0.15, 0.2) is 66.0 Å². The molecule has 3 heterocycles. The Kier molecular flexibility index (Phi) is 7.84. The number of sulfonamides is 1. The van der Waals surface area contributed by atoms with Crippen LogP contribution in [0.4, 0.5) is 4.39 Å². The molecular weight excluding hydrogens is 567 g/mol. The second-order valence-corrected chi connectivity index (χ2v) is 13.2. The minimum absolute atomic E-state index is 0.00492. The van der Waals surface area contributed by atoms with E-state index in [1.165, 1.54) is 53.4 Å². The topological polar surface area (TPSA) is 100 Å². The first-order valence-corrected chi connectivity index (χ1v) is 15.7. The summed E-state index contributed by atoms with van der Waals surface area (Å²) in [5.74, 6) is -0.439. The van der Waals surface area contributed by atoms with E-state index in [-0.39, 0.29) is 17.4 Å². The number of fused-ring (bicyclic) bond motifs is 1. The van der Waals surface area contributed by atoms with Gasteiger partial charge in [-0.1, -0.05) is 35.0 Å². The van der Waals surface area contributed by atoms with Crippen LogP contribution in [-0.4, -0.2) is 63.8 Å². The zero-order valence-corrected chi connectivity index (χ0v) is 24.1. The highest BCUT2D eigenvalue weighted by atomic mass is 35.5. The number of alkyl halides is 1. The molecule has 3 aliphatic rings. The maximum Gasteiger partial charge on any atom is 0.264 e. The van der Waals surface area contributed by atoms with Gasteiger partial charge in [-0.05, 0) is 73.1 Å². The van der Waals surface area contributed by atoms with E-state index in [1.807, 2.05) is 10.9 Å². The van der Waals surface area contributed by atoms with Crippen molar-refractivity contribution < 1.29 is 17.6 Å². The number of halogens is 2. The van der Waals surface area contributed by atoms with Crippen molar-refractivity contribution in [1.29, 1.82) is 0 Å². The molecule has 1 saturated heterocycles. The second kappa shape index (κ2) is 11.5. The molecule has 1 aromatic heterocycles. The van der Waals surface area contributed by atoms with Gasteiger partial charge in [0.25, 0.3) is 10.0 Å². The van der Waals surface area contributed by atoms with Crippen molar-refractivity contribution in [2.75, 3.05) is 13.1 Å². The third kappa shape index (κ3) is 5.89. The van der Waals surface area contributed by atoms with Crippen molar-refractivity contribution in [2.24, 2.45) is 0 Å². The Hall–Kier alpha value is -3.28. The number of amides is 1. The van der Waals surface area contributed by atoms with Crippen molar-refractivity contribution >= 4 is 27.5 Å². The van der Waals surface area contributed by atoms with Gasteiger partial charge in [-0.2, -0.15) is 0 Å². The van der Waals surface area contributed by atoms with Crippen molar-refractivity contribution in [3.05, 3.63) is 88.5 Å². The molecule has 0 radical (unpaired) electrons. The highest BCUT2D eigenvalue weighted by molar-refractivity contribution is 7.89. The van der Waals surface area contributed by atoms with Crippen molar-refractivity contribution in [3.8, 4) is 0 Å². The summed E-state index contributed by atoms with van der Waals surface area (Å²) >= 11 is 5.94. The molecule has 0 saturated carbocycles. The molecule has 9 nitrogen and oxygen atoms in total. The summed E-state index contributed by atoms with van der Waals surface area (Å²) < 4.78 is 43.2. The van der Waals surface area contributed by atoms with Crippen LogP contribution in [0.5, 0.6) is 0 Å². The third-order valence-electron chi connectivity index (χ3n) is 8.14. The number of nitrogens with zero attached hydrogens (tertiary/aromatic N) is 5. The van der Waals surface area contributed by atoms with Gasteiger partial charge >= 0.3 is 0 Å². The van der Waals surface area contributed by atoms with Gasteiger partial charge in [0.05, 0.1) is 16.6 Å². The molecule has 2 atom stereocenters. The number of hydrogen-bond donors (Lipinski definition) is 1. The summed E-state index contributed by atoms with van der Waals surface area (Å²) in [6, 6.07) is 11.4. The summed E-state index contributed by atoms with van der Waals surface area (Å²) in [4.78, 5) is 15.2. The lowest BCUT2D eigenvalue weighted by molar-refractivity contribution is -0.124. The van der Waals surface area contributed by atoms with Gasteiger partial charge in [-0.15, -0.1) is 5.10 Å². The standard InChI is InChI=1S/C29H32ClFN6O3S/c30-22-5-7-25(8-6-22)41(39,40)37-15-12-32-29(38)28(37)17-24-19-36(34-33-24)27-3-1-2-21-16-20(4-9-26(21)27)18-35-13-10-23(31)11-14-35/h4-9,12,15-16,19,23,27-28H,1-3,10-11,13-14,17-18H2,(H,32,38)/t27-,28+/m0/s1. The van der Waals surface area contributed by atoms with Gasteiger partial charge in [0, 0.05) is 49.7 Å². The lowest BCUT2D eigenvalue weighted by atomic mass is 9.86. The number of piperidine rings is 1. The minimum Gasteiger partial charge on any atom is -0.329 e. The fourth-order valence-electron chi connectivity index (χ4n) is 5.96. The Morgan fingerprint density at radius 1 is 1.07 bits per heavy atom. The summed E-state index contributed by atoms with van der Waals surface area (Å²) in [6.45, 7) is 2.40. The van der Waals surface area contributed by atoms with Gasteiger partial charge < -0.3 is 5.32 Å². The highest BCUT2D eigenvalue weighted by Crippen LogP contribution is 2.34. The van der Waals surface area contributed by atoms with Gasteiger partial charge in [0.2, 0.25) is 5.91 Å². The van der Waals surface area contributed by atoms with E-state index < -0.39 is 28.1 Å². The van der Waals surface area contributed by atoms with E-state index in [2.05, 4.69) is 38.7 Å². The Bertz CT molecular complexity index is 1550. The number of nitrogens with one attached hydrogen (secondary N) is 1. The minimum atomic E-state index is -4.00. The SMILES string of the molecule is O=C1NC=CN(S(=O)(=O)c2ccc(Cl)cc2)[C@@H]1Cc1cn([C@H]2CCCc3cc(CN4CCC(F)CC4)ccc32)nn1. The Balaban J connectivity index is 1.19. The number of aryl methyl sites for hydroxylation is 1. The molecule has 3 aromatic rings. The summed E-state index contributed by atoms with van der Waals surface area (Å²) in [6.07, 6.45) is 7.98. The number of benzene rings is 2. The first-order valence-electron chi connectivity index (χ1n) is 13.9. The number of likely N-dealkylation sites (tertiary alicyclic amines) is 1. The first-order chi connectivity index (χ1) is 19.8. The first kappa shape index (κ1) is 27.9. The van der Waals surface area contributed by atoms with Crippen molar-refractivity contribution in [2.45, 2.75) is 68.2 Å². The van der Waals surface area contributed by atoms with Gasteiger partial charge in [-0.25, -0.2) is 17.5 Å². The van der Waals surface area contributed by atoms with Crippen molar-refractivity contribution in [3.63, 3.8) is 0 Å². The van der Waals surface area contributed by atoms with Gasteiger partial charge in [-0.3, -0.25) is 14.0 Å². The van der Waals surface area contributed by atoms with E-state index >= 15 is 0 Å². The zero-order valence-electron chi connectivity index (χ0n) is 22.5. The van der Waals surface area contributed by atoms with E-state index in [4.69, 9.17) is 11.6 Å². The molecule has 216 valence electrons. The number of rotatable bonds is 7. The van der Waals surface area contributed by atoms with Crippen LogP contribution in [0, 0.1) is 0 Å². The summed E-state index contributed by atoms with van der Waals surface area (Å²) in [5, 5.41) is 11.8. The van der Waals surface area contributed by atoms with Crippen LogP contribution in [0.25, 0.3) is 0 Å². The highest BCUT2D eigenvalue weighted by Gasteiger charge is 2.36. The molecule has 0 spiro atoms. The second-order valence-electron chi connectivity index (χ2n) is 10.9. The predicted octanol–water partition coefficient (Wildman–Crippen LogP) is 3.99. The molecule has 1 amide bonds. The molecule has 0 bridgehead atoms. The summed E-state index contributed by atoms with van der Waals surface area (Å²) in [7, 11) is -4.00. The summed E-state index contributed by atoms with van der Waals surface area (Å²) in [5.41, 5.74) is 4.24. The molecule has 1 fully saturated rings. The average Bonchev–Trinajstić information content (AvgIpc) is 3.43. The maximum atomic E-state index is 13.5. The molecule has 0 unspecified atom stereocenters.